The fourth-order valence-corrected chi connectivity index (χ4v) is 2.00. The van der Waals surface area contributed by atoms with Crippen molar-refractivity contribution in [3.63, 3.8) is 0 Å². The zero-order valence-corrected chi connectivity index (χ0v) is 9.19. The lowest BCUT2D eigenvalue weighted by Gasteiger charge is -2.00. The van der Waals surface area contributed by atoms with Gasteiger partial charge in [-0.05, 0) is 6.07 Å². The number of aromatic nitrogens is 1. The third kappa shape index (κ3) is 1.40. The van der Waals surface area contributed by atoms with Crippen LogP contribution >= 0.6 is 46.4 Å². The van der Waals surface area contributed by atoms with Crippen molar-refractivity contribution >= 4 is 57.3 Å². The predicted molar refractivity (Wildman–Crippen MR) is 58.3 cm³/mol. The van der Waals surface area contributed by atoms with Crippen LogP contribution in [0.25, 0.3) is 10.9 Å². The van der Waals surface area contributed by atoms with Crippen molar-refractivity contribution in [2.45, 2.75) is 0 Å². The Morgan fingerprint density at radius 2 is 1.62 bits per heavy atom. The predicted octanol–water partition coefficient (Wildman–Crippen LogP) is 4.78. The van der Waals surface area contributed by atoms with Crippen LogP contribution in [0.3, 0.4) is 0 Å². The first-order valence-corrected chi connectivity index (χ1v) is 4.92. The van der Waals surface area contributed by atoms with Gasteiger partial charge in [0, 0.05) is 11.6 Å². The quantitative estimate of drug-likeness (QED) is 0.652. The Hall–Kier alpha value is -0.0800. The van der Waals surface area contributed by atoms with Crippen molar-refractivity contribution in [3.05, 3.63) is 32.4 Å². The van der Waals surface area contributed by atoms with Crippen molar-refractivity contribution in [2.75, 3.05) is 0 Å². The van der Waals surface area contributed by atoms with Gasteiger partial charge >= 0.3 is 0 Å². The van der Waals surface area contributed by atoms with Crippen LogP contribution in [-0.4, -0.2) is 4.98 Å². The summed E-state index contributed by atoms with van der Waals surface area (Å²) < 4.78 is 0. The van der Waals surface area contributed by atoms with Gasteiger partial charge in [0.2, 0.25) is 0 Å². The maximum absolute atomic E-state index is 5.94. The number of fused-ring (bicyclic) bond motifs is 1. The Balaban J connectivity index is 2.96. The van der Waals surface area contributed by atoms with Crippen molar-refractivity contribution in [1.82, 2.24) is 4.98 Å². The van der Waals surface area contributed by atoms with E-state index in [1.165, 1.54) is 0 Å². The summed E-state index contributed by atoms with van der Waals surface area (Å²) in [5.41, 5.74) is 0.709. The molecule has 68 valence electrons. The Labute approximate surface area is 94.5 Å². The molecule has 0 aliphatic rings. The summed E-state index contributed by atoms with van der Waals surface area (Å²) in [6.45, 7) is 0. The normalized spacial score (nSPS) is 11.1. The van der Waals surface area contributed by atoms with Gasteiger partial charge in [-0.3, -0.25) is 0 Å². The second-order valence-electron chi connectivity index (χ2n) is 2.55. The number of halogens is 4. The van der Waals surface area contributed by atoms with Crippen LogP contribution in [0.2, 0.25) is 20.1 Å². The van der Waals surface area contributed by atoms with Gasteiger partial charge in [-0.25, -0.2) is 0 Å². The van der Waals surface area contributed by atoms with Crippen LogP contribution in [0.4, 0.5) is 0 Å². The molecule has 0 bridgehead atoms. The summed E-state index contributed by atoms with van der Waals surface area (Å²) in [6.07, 6.45) is 1.64. The second-order valence-corrected chi connectivity index (χ2v) is 4.12. The van der Waals surface area contributed by atoms with E-state index < -0.39 is 0 Å². The van der Waals surface area contributed by atoms with E-state index in [4.69, 9.17) is 46.4 Å². The first-order chi connectivity index (χ1) is 6.11. The molecule has 0 saturated heterocycles. The molecule has 0 radical (unpaired) electrons. The fourth-order valence-electron chi connectivity index (χ4n) is 1.14. The van der Waals surface area contributed by atoms with Gasteiger partial charge in [-0.2, -0.15) is 0 Å². The smallest absolute Gasteiger partial charge is 0.0848 e. The molecule has 0 amide bonds. The monoisotopic (exact) mass is 253 g/mol. The molecule has 2 rings (SSSR count). The number of nitrogens with one attached hydrogen (secondary N) is 1. The van der Waals surface area contributed by atoms with Gasteiger partial charge in [-0.15, -0.1) is 0 Å². The maximum atomic E-state index is 5.94. The highest BCUT2D eigenvalue weighted by Gasteiger charge is 2.11. The van der Waals surface area contributed by atoms with Crippen LogP contribution in [0.5, 0.6) is 0 Å². The van der Waals surface area contributed by atoms with Crippen LogP contribution < -0.4 is 0 Å². The Bertz CT molecular complexity index is 474. The lowest BCUT2D eigenvalue weighted by Crippen LogP contribution is -1.75. The standard InChI is InChI=1S/C8H3Cl4N/c9-4-1-3-5(10)2-13-8(3)7(12)6(4)11/h1-2,13H. The number of H-pyrrole nitrogens is 1. The van der Waals surface area contributed by atoms with Crippen LogP contribution in [-0.2, 0) is 0 Å². The molecule has 1 nitrogen and oxygen atoms in total. The molecule has 0 saturated carbocycles. The molecule has 0 aliphatic heterocycles. The number of hydrogen-bond donors (Lipinski definition) is 1. The van der Waals surface area contributed by atoms with E-state index in [1.807, 2.05) is 0 Å². The molecule has 0 unspecified atom stereocenters. The van der Waals surface area contributed by atoms with Crippen LogP contribution in [0.15, 0.2) is 12.3 Å². The zero-order chi connectivity index (χ0) is 9.59. The summed E-state index contributed by atoms with van der Waals surface area (Å²) in [4.78, 5) is 2.92. The van der Waals surface area contributed by atoms with Gasteiger partial charge in [0.1, 0.15) is 0 Å². The highest BCUT2D eigenvalue weighted by Crippen LogP contribution is 2.38. The first-order valence-electron chi connectivity index (χ1n) is 3.41. The van der Waals surface area contributed by atoms with E-state index in [0.29, 0.717) is 25.6 Å². The van der Waals surface area contributed by atoms with Crippen molar-refractivity contribution < 1.29 is 0 Å². The van der Waals surface area contributed by atoms with Gasteiger partial charge in [0.15, 0.2) is 0 Å². The minimum absolute atomic E-state index is 0.342. The topological polar surface area (TPSA) is 15.8 Å². The molecule has 0 fully saturated rings. The molecular formula is C8H3Cl4N. The van der Waals surface area contributed by atoms with Gasteiger partial charge in [0.25, 0.3) is 0 Å². The largest absolute Gasteiger partial charge is 0.358 e. The maximum Gasteiger partial charge on any atom is 0.0848 e. The average molecular weight is 255 g/mol. The molecule has 13 heavy (non-hydrogen) atoms. The molecular weight excluding hydrogens is 252 g/mol. The van der Waals surface area contributed by atoms with Crippen LogP contribution in [0, 0.1) is 0 Å². The van der Waals surface area contributed by atoms with Crippen molar-refractivity contribution in [2.24, 2.45) is 0 Å². The number of rotatable bonds is 0. The molecule has 1 N–H and O–H groups in total. The van der Waals surface area contributed by atoms with E-state index in [9.17, 15) is 0 Å². The number of aromatic amines is 1. The summed E-state index contributed by atoms with van der Waals surface area (Å²) in [5, 5.41) is 2.50. The molecule has 1 heterocycles. The van der Waals surface area contributed by atoms with E-state index in [0.717, 1.165) is 5.39 Å². The molecule has 0 atom stereocenters. The van der Waals surface area contributed by atoms with E-state index >= 15 is 0 Å². The van der Waals surface area contributed by atoms with Gasteiger partial charge in [0.05, 0.1) is 25.6 Å². The fraction of sp³-hybridized carbons (Fsp3) is 0. The van der Waals surface area contributed by atoms with E-state index in [-0.39, 0.29) is 0 Å². The minimum Gasteiger partial charge on any atom is -0.358 e. The molecule has 5 heteroatoms. The molecule has 1 aromatic carbocycles. The second kappa shape index (κ2) is 3.25. The SMILES string of the molecule is Clc1cc2c(Cl)c[nH]c2c(Cl)c1Cl. The Morgan fingerprint density at radius 1 is 0.923 bits per heavy atom. The average Bonchev–Trinajstić information content (AvgIpc) is 2.45. The summed E-state index contributed by atoms with van der Waals surface area (Å²) >= 11 is 23.5. The van der Waals surface area contributed by atoms with E-state index in [1.54, 1.807) is 12.3 Å². The molecule has 1 aromatic heterocycles. The number of hydrogen-bond acceptors (Lipinski definition) is 0. The summed E-state index contributed by atoms with van der Waals surface area (Å²) in [6, 6.07) is 1.68. The minimum atomic E-state index is 0.342. The highest BCUT2D eigenvalue weighted by molar-refractivity contribution is 6.51. The van der Waals surface area contributed by atoms with E-state index in [2.05, 4.69) is 4.98 Å². The zero-order valence-electron chi connectivity index (χ0n) is 6.17. The number of benzene rings is 1. The van der Waals surface area contributed by atoms with Gasteiger partial charge < -0.3 is 4.98 Å². The van der Waals surface area contributed by atoms with Crippen molar-refractivity contribution in [3.8, 4) is 0 Å². The molecule has 0 aliphatic carbocycles. The first kappa shape index (κ1) is 9.47. The van der Waals surface area contributed by atoms with Gasteiger partial charge in [-0.1, -0.05) is 46.4 Å². The highest BCUT2D eigenvalue weighted by atomic mass is 35.5. The lowest BCUT2D eigenvalue weighted by molar-refractivity contribution is 1.48. The summed E-state index contributed by atoms with van der Waals surface area (Å²) in [5.74, 6) is 0. The Kier molecular flexibility index (Phi) is 2.37. The van der Waals surface area contributed by atoms with Crippen LogP contribution in [0.1, 0.15) is 0 Å². The van der Waals surface area contributed by atoms with Crippen molar-refractivity contribution in [1.29, 1.82) is 0 Å². The Morgan fingerprint density at radius 3 is 2.31 bits per heavy atom. The summed E-state index contributed by atoms with van der Waals surface area (Å²) in [7, 11) is 0. The lowest BCUT2D eigenvalue weighted by atomic mass is 10.2. The molecule has 0 spiro atoms. The molecule has 2 aromatic rings. The third-order valence-corrected chi connectivity index (χ3v) is 3.34. The third-order valence-electron chi connectivity index (χ3n) is 1.76.